The van der Waals surface area contributed by atoms with Crippen LogP contribution in [0.4, 0.5) is 5.82 Å². The highest BCUT2D eigenvalue weighted by atomic mass is 32.2. The first-order chi connectivity index (χ1) is 14.9. The summed E-state index contributed by atoms with van der Waals surface area (Å²) < 4.78 is 31.5. The molecule has 162 valence electrons. The molecule has 0 fully saturated rings. The first kappa shape index (κ1) is 21.1. The number of ether oxygens (including phenoxy) is 1. The summed E-state index contributed by atoms with van der Waals surface area (Å²) in [5, 5.41) is 7.38. The third-order valence-electron chi connectivity index (χ3n) is 5.18. The summed E-state index contributed by atoms with van der Waals surface area (Å²) in [5.41, 5.74) is 3.34. The monoisotopic (exact) mass is 439 g/mol. The number of aromatic nitrogens is 2. The molecule has 0 saturated carbocycles. The molecule has 1 N–H and O–H groups in total. The highest BCUT2D eigenvalue weighted by Crippen LogP contribution is 2.33. The number of nitrogens with zero attached hydrogens (tertiary/aromatic N) is 2. The number of fused-ring (bicyclic) bond motifs is 1. The van der Waals surface area contributed by atoms with Crippen molar-refractivity contribution < 1.29 is 17.9 Å². The molecule has 2 heterocycles. The van der Waals surface area contributed by atoms with Crippen LogP contribution < -0.4 is 10.1 Å². The second-order valence-corrected chi connectivity index (χ2v) is 9.80. The van der Waals surface area contributed by atoms with E-state index in [0.29, 0.717) is 35.0 Å². The molecular weight excluding hydrogens is 414 g/mol. The van der Waals surface area contributed by atoms with Gasteiger partial charge in [0.2, 0.25) is 0 Å². The molecule has 1 aliphatic rings. The number of hydrogen-bond donors (Lipinski definition) is 1. The quantitative estimate of drug-likeness (QED) is 0.561. The third-order valence-corrected chi connectivity index (χ3v) is 6.62. The van der Waals surface area contributed by atoms with Crippen molar-refractivity contribution in [3.8, 4) is 11.4 Å². The molecular formula is C23H25N3O4S. The number of rotatable bonds is 7. The van der Waals surface area contributed by atoms with Gasteiger partial charge in [-0.2, -0.15) is 5.10 Å². The first-order valence-electron chi connectivity index (χ1n) is 10.3. The summed E-state index contributed by atoms with van der Waals surface area (Å²) in [7, 11) is -3.25. The third kappa shape index (κ3) is 4.64. The van der Waals surface area contributed by atoms with Crippen molar-refractivity contribution in [2.24, 2.45) is 0 Å². The van der Waals surface area contributed by atoms with Crippen LogP contribution in [-0.2, 0) is 21.3 Å². The molecule has 0 radical (unpaired) electrons. The Labute approximate surface area is 182 Å². The van der Waals surface area contributed by atoms with E-state index in [4.69, 9.17) is 4.74 Å². The standard InChI is InChI=1S/C23H25N3O4S/c1-3-4-13-30-19-11-7-17(8-12-19)23(27)24-22-20-14-31(28,29)15-21(20)25-26(22)18-9-5-16(2)6-10-18/h5-12H,3-4,13-15H2,1-2H3,(H,24,27). The number of anilines is 1. The fourth-order valence-electron chi connectivity index (χ4n) is 3.46. The fourth-order valence-corrected chi connectivity index (χ4v) is 4.95. The van der Waals surface area contributed by atoms with Crippen LogP contribution in [-0.4, -0.2) is 30.7 Å². The second-order valence-electron chi connectivity index (χ2n) is 7.73. The van der Waals surface area contributed by atoms with E-state index in [1.54, 1.807) is 28.9 Å². The summed E-state index contributed by atoms with van der Waals surface area (Å²) in [6.45, 7) is 4.72. The van der Waals surface area contributed by atoms with Crippen LogP contribution in [0.15, 0.2) is 48.5 Å². The molecule has 0 bridgehead atoms. The van der Waals surface area contributed by atoms with Crippen molar-refractivity contribution in [2.45, 2.75) is 38.2 Å². The topological polar surface area (TPSA) is 90.3 Å². The number of benzene rings is 2. The molecule has 8 heteroatoms. The molecule has 2 aromatic carbocycles. The maximum absolute atomic E-state index is 12.9. The zero-order valence-electron chi connectivity index (χ0n) is 17.6. The van der Waals surface area contributed by atoms with Gasteiger partial charge in [-0.3, -0.25) is 4.79 Å². The molecule has 0 unspecified atom stereocenters. The zero-order valence-corrected chi connectivity index (χ0v) is 18.4. The molecule has 3 aromatic rings. The maximum Gasteiger partial charge on any atom is 0.256 e. The van der Waals surface area contributed by atoms with E-state index < -0.39 is 9.84 Å². The van der Waals surface area contributed by atoms with Gasteiger partial charge in [0.1, 0.15) is 11.6 Å². The minimum atomic E-state index is -3.25. The smallest absolute Gasteiger partial charge is 0.256 e. The number of carbonyl (C=O) groups is 1. The number of hydrogen-bond acceptors (Lipinski definition) is 5. The Morgan fingerprint density at radius 1 is 1.10 bits per heavy atom. The first-order valence-corrected chi connectivity index (χ1v) is 12.1. The largest absolute Gasteiger partial charge is 0.494 e. The fraction of sp³-hybridized carbons (Fsp3) is 0.304. The summed E-state index contributed by atoms with van der Waals surface area (Å²) in [6, 6.07) is 14.6. The lowest BCUT2D eigenvalue weighted by atomic mass is 10.2. The van der Waals surface area contributed by atoms with Crippen LogP contribution in [0.1, 0.15) is 46.9 Å². The Morgan fingerprint density at radius 3 is 2.48 bits per heavy atom. The van der Waals surface area contributed by atoms with Crippen molar-refractivity contribution in [1.82, 2.24) is 9.78 Å². The van der Waals surface area contributed by atoms with Gasteiger partial charge in [0.15, 0.2) is 9.84 Å². The van der Waals surface area contributed by atoms with Gasteiger partial charge in [-0.05, 0) is 49.7 Å². The lowest BCUT2D eigenvalue weighted by Gasteiger charge is -2.12. The van der Waals surface area contributed by atoms with E-state index in [-0.39, 0.29) is 17.4 Å². The molecule has 0 saturated heterocycles. The number of sulfone groups is 1. The molecule has 7 nitrogen and oxygen atoms in total. The molecule has 31 heavy (non-hydrogen) atoms. The van der Waals surface area contributed by atoms with Gasteiger partial charge in [-0.25, -0.2) is 13.1 Å². The summed E-state index contributed by atoms with van der Waals surface area (Å²) in [4.78, 5) is 12.9. The predicted molar refractivity (Wildman–Crippen MR) is 119 cm³/mol. The zero-order chi connectivity index (χ0) is 22.0. The summed E-state index contributed by atoms with van der Waals surface area (Å²) in [5.74, 6) is 0.525. The molecule has 1 aliphatic heterocycles. The Kier molecular flexibility index (Phi) is 5.82. The number of nitrogens with one attached hydrogen (secondary N) is 1. The van der Waals surface area contributed by atoms with Gasteiger partial charge in [0.25, 0.3) is 5.91 Å². The Bertz CT molecular complexity index is 1200. The Balaban J connectivity index is 1.61. The van der Waals surface area contributed by atoms with Crippen molar-refractivity contribution in [3.63, 3.8) is 0 Å². The van der Waals surface area contributed by atoms with Crippen LogP contribution >= 0.6 is 0 Å². The maximum atomic E-state index is 12.9. The van der Waals surface area contributed by atoms with E-state index in [2.05, 4.69) is 17.3 Å². The van der Waals surface area contributed by atoms with Gasteiger partial charge < -0.3 is 10.1 Å². The minimum absolute atomic E-state index is 0.117. The average molecular weight is 440 g/mol. The molecule has 0 atom stereocenters. The minimum Gasteiger partial charge on any atom is -0.494 e. The average Bonchev–Trinajstić information content (AvgIpc) is 3.21. The van der Waals surface area contributed by atoms with Crippen LogP contribution in [0.5, 0.6) is 5.75 Å². The van der Waals surface area contributed by atoms with Crippen LogP contribution in [0.2, 0.25) is 0 Å². The van der Waals surface area contributed by atoms with Crippen LogP contribution in [0.3, 0.4) is 0 Å². The summed E-state index contributed by atoms with van der Waals surface area (Å²) >= 11 is 0. The predicted octanol–water partition coefficient (Wildman–Crippen LogP) is 4.04. The number of unbranched alkanes of at least 4 members (excludes halogenated alkanes) is 1. The highest BCUT2D eigenvalue weighted by molar-refractivity contribution is 7.90. The molecule has 1 aromatic heterocycles. The number of aryl methyl sites for hydroxylation is 1. The normalized spacial score (nSPS) is 14.3. The summed E-state index contributed by atoms with van der Waals surface area (Å²) in [6.07, 6.45) is 2.02. The van der Waals surface area contributed by atoms with Gasteiger partial charge in [0.05, 0.1) is 29.5 Å². The van der Waals surface area contributed by atoms with Gasteiger partial charge in [0, 0.05) is 11.1 Å². The lowest BCUT2D eigenvalue weighted by Crippen LogP contribution is -2.17. The van der Waals surface area contributed by atoms with E-state index in [1.807, 2.05) is 31.2 Å². The van der Waals surface area contributed by atoms with Gasteiger partial charge in [-0.15, -0.1) is 0 Å². The van der Waals surface area contributed by atoms with Crippen LogP contribution in [0.25, 0.3) is 5.69 Å². The number of carbonyl (C=O) groups excluding carboxylic acids is 1. The molecule has 0 aliphatic carbocycles. The van der Waals surface area contributed by atoms with E-state index in [0.717, 1.165) is 24.1 Å². The van der Waals surface area contributed by atoms with E-state index in [1.165, 1.54) is 0 Å². The van der Waals surface area contributed by atoms with Crippen LogP contribution in [0, 0.1) is 6.92 Å². The van der Waals surface area contributed by atoms with Crippen molar-refractivity contribution in [1.29, 1.82) is 0 Å². The molecule has 4 rings (SSSR count). The molecule has 1 amide bonds. The van der Waals surface area contributed by atoms with Gasteiger partial charge >= 0.3 is 0 Å². The van der Waals surface area contributed by atoms with E-state index >= 15 is 0 Å². The van der Waals surface area contributed by atoms with E-state index in [9.17, 15) is 13.2 Å². The Morgan fingerprint density at radius 2 is 1.81 bits per heavy atom. The SMILES string of the molecule is CCCCOc1ccc(C(=O)Nc2c3c(nn2-c2ccc(C)cc2)CS(=O)(=O)C3)cc1. The molecule has 0 spiro atoms. The highest BCUT2D eigenvalue weighted by Gasteiger charge is 2.33. The Hall–Kier alpha value is -3.13. The van der Waals surface area contributed by atoms with Crippen molar-refractivity contribution in [2.75, 3.05) is 11.9 Å². The number of amides is 1. The van der Waals surface area contributed by atoms with Crippen molar-refractivity contribution >= 4 is 21.6 Å². The second kappa shape index (κ2) is 8.55. The lowest BCUT2D eigenvalue weighted by molar-refractivity contribution is 0.102. The van der Waals surface area contributed by atoms with Gasteiger partial charge in [-0.1, -0.05) is 31.0 Å². The van der Waals surface area contributed by atoms with Crippen molar-refractivity contribution in [3.05, 3.63) is 70.9 Å².